The van der Waals surface area contributed by atoms with Gasteiger partial charge >= 0.3 is 11.9 Å². The van der Waals surface area contributed by atoms with Crippen molar-refractivity contribution < 1.29 is 33.3 Å². The summed E-state index contributed by atoms with van der Waals surface area (Å²) in [6.07, 6.45) is 1.57. The molecular weight excluding hydrogens is 584 g/mol. The molecule has 1 atom stereocenters. The number of fused-ring (bicyclic) bond motifs is 1. The van der Waals surface area contributed by atoms with E-state index in [0.29, 0.717) is 49.2 Å². The van der Waals surface area contributed by atoms with E-state index >= 15 is 0 Å². The van der Waals surface area contributed by atoms with E-state index in [0.717, 1.165) is 11.3 Å². The molecule has 1 aliphatic rings. The molecule has 42 heavy (non-hydrogen) atoms. The standard InChI is InChI=1S/C30H25ClN2O8S/c1-5-40-29(37)25-15(2)32-30-33(26(25)20-13-17(38-3)7-11-23(20)39-4)27(34)24(42-30)14-18-8-10-22(41-18)16-6-9-21(31)19(12-16)28(35)36/h6-14,26H,5H2,1-4H3,(H,35,36)/t26-/m1/s1. The molecular formula is C30H25ClN2O8S. The zero-order valence-corrected chi connectivity index (χ0v) is 24.5. The normalized spacial score (nSPS) is 14.8. The van der Waals surface area contributed by atoms with Crippen molar-refractivity contribution in [2.24, 2.45) is 4.99 Å². The summed E-state index contributed by atoms with van der Waals surface area (Å²) in [5, 5.41) is 9.51. The van der Waals surface area contributed by atoms with Gasteiger partial charge in [0.25, 0.3) is 5.56 Å². The zero-order chi connectivity index (χ0) is 30.1. The number of esters is 1. The smallest absolute Gasteiger partial charge is 0.338 e. The fraction of sp³-hybridized carbons (Fsp3) is 0.200. The average molecular weight is 609 g/mol. The second-order valence-corrected chi connectivity index (χ2v) is 10.5. The van der Waals surface area contributed by atoms with E-state index in [2.05, 4.69) is 4.99 Å². The van der Waals surface area contributed by atoms with Crippen LogP contribution in [0.25, 0.3) is 17.4 Å². The van der Waals surface area contributed by atoms with Crippen LogP contribution in [0.3, 0.4) is 0 Å². The van der Waals surface area contributed by atoms with Crippen LogP contribution < -0.4 is 24.4 Å². The highest BCUT2D eigenvalue weighted by atomic mass is 35.5. The number of thiazole rings is 1. The molecule has 10 nitrogen and oxygen atoms in total. The molecule has 0 amide bonds. The number of carbonyl (C=O) groups excluding carboxylic acids is 1. The molecule has 1 aliphatic heterocycles. The highest BCUT2D eigenvalue weighted by molar-refractivity contribution is 7.07. The monoisotopic (exact) mass is 608 g/mol. The summed E-state index contributed by atoms with van der Waals surface area (Å²) in [4.78, 5) is 43.6. The summed E-state index contributed by atoms with van der Waals surface area (Å²) in [6, 6.07) is 12.1. The van der Waals surface area contributed by atoms with Crippen molar-refractivity contribution in [3.05, 3.63) is 101 Å². The predicted octanol–water partition coefficient (Wildman–Crippen LogP) is 4.43. The molecule has 5 rings (SSSR count). The maximum Gasteiger partial charge on any atom is 0.338 e. The number of hydrogen-bond donors (Lipinski definition) is 1. The van der Waals surface area contributed by atoms with Crippen molar-refractivity contribution >= 4 is 41.0 Å². The molecule has 12 heteroatoms. The van der Waals surface area contributed by atoms with E-state index in [1.807, 2.05) is 0 Å². The lowest BCUT2D eigenvalue weighted by atomic mass is 9.95. The Labute approximate surface area is 248 Å². The molecule has 2 aromatic heterocycles. The maximum atomic E-state index is 13.9. The van der Waals surface area contributed by atoms with Gasteiger partial charge < -0.3 is 23.7 Å². The first-order valence-electron chi connectivity index (χ1n) is 12.7. The fourth-order valence-electron chi connectivity index (χ4n) is 4.70. The van der Waals surface area contributed by atoms with E-state index in [1.54, 1.807) is 56.3 Å². The van der Waals surface area contributed by atoms with Gasteiger partial charge in [0, 0.05) is 17.2 Å². The van der Waals surface area contributed by atoms with E-state index in [-0.39, 0.29) is 22.8 Å². The number of carbonyl (C=O) groups is 2. The van der Waals surface area contributed by atoms with Crippen LogP contribution in [0.1, 0.15) is 41.6 Å². The van der Waals surface area contributed by atoms with Crippen LogP contribution in [-0.4, -0.2) is 42.4 Å². The molecule has 0 radical (unpaired) electrons. The Kier molecular flexibility index (Phi) is 8.06. The van der Waals surface area contributed by atoms with Crippen molar-refractivity contribution in [1.82, 2.24) is 4.57 Å². The molecule has 4 aromatic rings. The molecule has 0 unspecified atom stereocenters. The lowest BCUT2D eigenvalue weighted by Gasteiger charge is -2.26. The maximum absolute atomic E-state index is 13.9. The predicted molar refractivity (Wildman–Crippen MR) is 156 cm³/mol. The van der Waals surface area contributed by atoms with Gasteiger partial charge in [-0.1, -0.05) is 22.9 Å². The molecule has 0 fully saturated rings. The zero-order valence-electron chi connectivity index (χ0n) is 23.0. The van der Waals surface area contributed by atoms with Crippen molar-refractivity contribution in [1.29, 1.82) is 0 Å². The van der Waals surface area contributed by atoms with Gasteiger partial charge in [-0.25, -0.2) is 14.6 Å². The number of methoxy groups -OCH3 is 2. The Bertz CT molecular complexity index is 1930. The Morgan fingerprint density at radius 3 is 2.62 bits per heavy atom. The third-order valence-corrected chi connectivity index (χ3v) is 7.94. The van der Waals surface area contributed by atoms with Crippen LogP contribution >= 0.6 is 22.9 Å². The van der Waals surface area contributed by atoms with Gasteiger partial charge in [-0.3, -0.25) is 9.36 Å². The summed E-state index contributed by atoms with van der Waals surface area (Å²) < 4.78 is 24.1. The Morgan fingerprint density at radius 2 is 1.93 bits per heavy atom. The van der Waals surface area contributed by atoms with Crippen molar-refractivity contribution in [3.8, 4) is 22.8 Å². The number of carboxylic acids is 1. The minimum atomic E-state index is -1.16. The minimum absolute atomic E-state index is 0.0545. The molecule has 0 spiro atoms. The minimum Gasteiger partial charge on any atom is -0.497 e. The Hall–Kier alpha value is -4.61. The van der Waals surface area contributed by atoms with E-state index in [1.165, 1.54) is 30.9 Å². The van der Waals surface area contributed by atoms with Crippen LogP contribution in [0.5, 0.6) is 11.5 Å². The molecule has 0 saturated heterocycles. The quantitative estimate of drug-likeness (QED) is 0.291. The molecule has 0 saturated carbocycles. The van der Waals surface area contributed by atoms with Crippen molar-refractivity contribution in [3.63, 3.8) is 0 Å². The van der Waals surface area contributed by atoms with Crippen LogP contribution in [0.4, 0.5) is 0 Å². The Balaban J connectivity index is 1.66. The number of benzene rings is 2. The van der Waals surface area contributed by atoms with Gasteiger partial charge in [-0.2, -0.15) is 0 Å². The topological polar surface area (TPSA) is 130 Å². The van der Waals surface area contributed by atoms with E-state index in [9.17, 15) is 19.5 Å². The lowest BCUT2D eigenvalue weighted by molar-refractivity contribution is -0.139. The molecule has 2 aromatic carbocycles. The summed E-state index contributed by atoms with van der Waals surface area (Å²) >= 11 is 7.14. The van der Waals surface area contributed by atoms with Gasteiger partial charge in [0.1, 0.15) is 29.1 Å². The number of hydrogen-bond acceptors (Lipinski definition) is 9. The summed E-state index contributed by atoms with van der Waals surface area (Å²) in [6.45, 7) is 3.54. The van der Waals surface area contributed by atoms with E-state index < -0.39 is 23.5 Å². The number of ether oxygens (including phenoxy) is 3. The molecule has 0 bridgehead atoms. The number of allylic oxidation sites excluding steroid dienone is 1. The number of carboxylic acid groups (broad SMARTS) is 1. The van der Waals surface area contributed by atoms with Crippen LogP contribution in [-0.2, 0) is 9.53 Å². The second-order valence-electron chi connectivity index (χ2n) is 9.11. The number of furan rings is 1. The van der Waals surface area contributed by atoms with Gasteiger partial charge in [0.05, 0.1) is 47.2 Å². The lowest BCUT2D eigenvalue weighted by Crippen LogP contribution is -2.40. The fourth-order valence-corrected chi connectivity index (χ4v) is 5.92. The van der Waals surface area contributed by atoms with Gasteiger partial charge in [0.2, 0.25) is 0 Å². The highest BCUT2D eigenvalue weighted by Crippen LogP contribution is 2.38. The summed E-state index contributed by atoms with van der Waals surface area (Å²) in [5.74, 6) is -0.0309. The number of aromatic nitrogens is 1. The third kappa shape index (κ3) is 5.24. The molecule has 3 heterocycles. The number of halogens is 1. The van der Waals surface area contributed by atoms with Gasteiger partial charge in [0.15, 0.2) is 4.80 Å². The SMILES string of the molecule is CCOC(=O)C1=C(C)N=c2sc(=Cc3ccc(-c4ccc(Cl)c(C(=O)O)c4)o3)c(=O)n2[C@@H]1c1cc(OC)ccc1OC. The molecule has 0 aliphatic carbocycles. The van der Waals surface area contributed by atoms with Crippen LogP contribution in [0.15, 0.2) is 74.0 Å². The van der Waals surface area contributed by atoms with E-state index in [4.69, 9.17) is 30.2 Å². The van der Waals surface area contributed by atoms with Crippen LogP contribution in [0.2, 0.25) is 5.02 Å². The third-order valence-electron chi connectivity index (χ3n) is 6.63. The number of rotatable bonds is 8. The number of aromatic carboxylic acids is 1. The Morgan fingerprint density at radius 1 is 1.14 bits per heavy atom. The first-order chi connectivity index (χ1) is 20.2. The average Bonchev–Trinajstić information content (AvgIpc) is 3.56. The first-order valence-corrected chi connectivity index (χ1v) is 13.9. The summed E-state index contributed by atoms with van der Waals surface area (Å²) in [7, 11) is 3.03. The molecule has 216 valence electrons. The van der Waals surface area contributed by atoms with Gasteiger partial charge in [-0.05, 0) is 62.4 Å². The first kappa shape index (κ1) is 28.9. The van der Waals surface area contributed by atoms with Crippen LogP contribution in [0, 0.1) is 0 Å². The van der Waals surface area contributed by atoms with Crippen molar-refractivity contribution in [2.75, 3.05) is 20.8 Å². The van der Waals surface area contributed by atoms with Gasteiger partial charge in [-0.15, -0.1) is 0 Å². The number of nitrogens with zero attached hydrogens (tertiary/aromatic N) is 2. The largest absolute Gasteiger partial charge is 0.497 e. The molecule has 1 N–H and O–H groups in total. The summed E-state index contributed by atoms with van der Waals surface area (Å²) in [5.41, 5.74) is 1.20. The van der Waals surface area contributed by atoms with Crippen molar-refractivity contribution in [2.45, 2.75) is 19.9 Å². The second kappa shape index (κ2) is 11.7. The highest BCUT2D eigenvalue weighted by Gasteiger charge is 2.35.